The quantitative estimate of drug-likeness (QED) is 0.432. The van der Waals surface area contributed by atoms with Gasteiger partial charge in [0.05, 0.1) is 44.1 Å². The van der Waals surface area contributed by atoms with E-state index in [1.807, 2.05) is 60.7 Å². The molecule has 2 atom stereocenters. The van der Waals surface area contributed by atoms with Crippen LogP contribution < -0.4 is 5.01 Å². The molecular weight excluding hydrogens is 403 g/mol. The molecule has 0 spiro atoms. The molecule has 0 fully saturated rings. The molecule has 3 rings (SSSR count). The van der Waals surface area contributed by atoms with E-state index in [-0.39, 0.29) is 25.1 Å². The standard InChI is InChI=1S/C22H27N2O5P/c1-4-28-30(26,29-5-2)16-19-20(17-12-8-6-9-13-17)21(22(25)27-3)23-24(19)18-14-10-7-11-15-18/h6-15,19-20H,4-5,16H2,1-3H3/t19-,20-/m1/s1. The molecular formula is C22H27N2O5P. The summed E-state index contributed by atoms with van der Waals surface area (Å²) in [5, 5.41) is 6.35. The fourth-order valence-electron chi connectivity index (χ4n) is 3.67. The Bertz CT molecular complexity index is 910. The van der Waals surface area contributed by atoms with Gasteiger partial charge in [-0.25, -0.2) is 4.79 Å². The molecule has 0 saturated carbocycles. The molecule has 8 heteroatoms. The summed E-state index contributed by atoms with van der Waals surface area (Å²) in [4.78, 5) is 12.6. The van der Waals surface area contributed by atoms with Crippen molar-refractivity contribution < 1.29 is 23.1 Å². The summed E-state index contributed by atoms with van der Waals surface area (Å²) < 4.78 is 29.6. The zero-order valence-electron chi connectivity index (χ0n) is 17.4. The molecule has 0 amide bonds. The molecule has 160 valence electrons. The molecule has 30 heavy (non-hydrogen) atoms. The molecule has 1 aliphatic rings. The van der Waals surface area contributed by atoms with Gasteiger partial charge in [-0.1, -0.05) is 48.5 Å². The van der Waals surface area contributed by atoms with E-state index in [0.29, 0.717) is 0 Å². The smallest absolute Gasteiger partial charge is 0.354 e. The molecule has 0 N–H and O–H groups in total. The van der Waals surface area contributed by atoms with E-state index >= 15 is 0 Å². The third-order valence-corrected chi connectivity index (χ3v) is 6.97. The number of benzene rings is 2. The van der Waals surface area contributed by atoms with Crippen molar-refractivity contribution in [3.63, 3.8) is 0 Å². The van der Waals surface area contributed by atoms with Crippen LogP contribution in [0.5, 0.6) is 0 Å². The number of esters is 1. The van der Waals surface area contributed by atoms with Gasteiger partial charge >= 0.3 is 13.6 Å². The zero-order valence-corrected chi connectivity index (χ0v) is 18.3. The summed E-state index contributed by atoms with van der Waals surface area (Å²) in [5.74, 6) is -0.969. The summed E-state index contributed by atoms with van der Waals surface area (Å²) in [5.41, 5.74) is 1.92. The van der Waals surface area contributed by atoms with Gasteiger partial charge in [0.25, 0.3) is 0 Å². The highest BCUT2D eigenvalue weighted by Crippen LogP contribution is 2.52. The summed E-state index contributed by atoms with van der Waals surface area (Å²) in [6, 6.07) is 18.6. The lowest BCUT2D eigenvalue weighted by molar-refractivity contribution is -0.132. The first-order valence-corrected chi connectivity index (χ1v) is 11.7. The number of hydrogen-bond donors (Lipinski definition) is 0. The van der Waals surface area contributed by atoms with Gasteiger partial charge in [-0.15, -0.1) is 0 Å². The van der Waals surface area contributed by atoms with Crippen molar-refractivity contribution in [2.45, 2.75) is 25.8 Å². The monoisotopic (exact) mass is 430 g/mol. The van der Waals surface area contributed by atoms with E-state index in [2.05, 4.69) is 5.10 Å². The van der Waals surface area contributed by atoms with Crippen LogP contribution in [0.25, 0.3) is 0 Å². The van der Waals surface area contributed by atoms with Gasteiger partial charge in [0.15, 0.2) is 5.71 Å². The summed E-state index contributed by atoms with van der Waals surface area (Å²) in [6.45, 7) is 4.08. The van der Waals surface area contributed by atoms with Crippen LogP contribution in [-0.4, -0.2) is 44.2 Å². The Labute approximate surface area is 177 Å². The average molecular weight is 430 g/mol. The zero-order chi connectivity index (χ0) is 21.6. The van der Waals surface area contributed by atoms with Crippen molar-refractivity contribution in [2.75, 3.05) is 31.5 Å². The number of methoxy groups -OCH3 is 1. The number of hydrogen-bond acceptors (Lipinski definition) is 7. The molecule has 0 aliphatic carbocycles. The lowest BCUT2D eigenvalue weighted by atomic mass is 9.88. The Kier molecular flexibility index (Phi) is 7.43. The molecule has 2 aromatic rings. The van der Waals surface area contributed by atoms with E-state index in [1.165, 1.54) is 7.11 Å². The number of rotatable bonds is 9. The Morgan fingerprint density at radius 3 is 2.10 bits per heavy atom. The average Bonchev–Trinajstić information content (AvgIpc) is 3.13. The fraction of sp³-hybridized carbons (Fsp3) is 0.364. The number of ether oxygens (including phenoxy) is 1. The van der Waals surface area contributed by atoms with Crippen LogP contribution in [0.2, 0.25) is 0 Å². The van der Waals surface area contributed by atoms with Crippen molar-refractivity contribution in [2.24, 2.45) is 5.10 Å². The maximum Gasteiger partial charge on any atom is 0.354 e. The van der Waals surface area contributed by atoms with Gasteiger partial charge in [-0.05, 0) is 31.5 Å². The summed E-state index contributed by atoms with van der Waals surface area (Å²) in [6.07, 6.45) is 0.0765. The number of para-hydroxylation sites is 1. The van der Waals surface area contributed by atoms with Crippen molar-refractivity contribution in [3.05, 3.63) is 66.2 Å². The van der Waals surface area contributed by atoms with Crippen LogP contribution >= 0.6 is 7.60 Å². The largest absolute Gasteiger partial charge is 0.464 e. The second-order valence-electron chi connectivity index (χ2n) is 6.74. The maximum absolute atomic E-state index is 13.4. The van der Waals surface area contributed by atoms with E-state index in [9.17, 15) is 9.36 Å². The van der Waals surface area contributed by atoms with Gasteiger partial charge in [0, 0.05) is 0 Å². The van der Waals surface area contributed by atoms with Gasteiger partial charge in [0.2, 0.25) is 0 Å². The molecule has 0 unspecified atom stereocenters. The molecule has 0 saturated heterocycles. The third-order valence-electron chi connectivity index (χ3n) is 4.85. The Morgan fingerprint density at radius 1 is 1.00 bits per heavy atom. The molecule has 2 aromatic carbocycles. The van der Waals surface area contributed by atoms with Crippen LogP contribution in [0.3, 0.4) is 0 Å². The van der Waals surface area contributed by atoms with Crippen molar-refractivity contribution in [3.8, 4) is 0 Å². The highest BCUT2D eigenvalue weighted by atomic mass is 31.2. The molecule has 1 heterocycles. The van der Waals surface area contributed by atoms with Crippen LogP contribution in [0.1, 0.15) is 25.3 Å². The molecule has 7 nitrogen and oxygen atoms in total. The van der Waals surface area contributed by atoms with Crippen LogP contribution in [0.15, 0.2) is 65.8 Å². The van der Waals surface area contributed by atoms with Gasteiger partial charge < -0.3 is 13.8 Å². The van der Waals surface area contributed by atoms with Crippen molar-refractivity contribution in [1.82, 2.24) is 0 Å². The van der Waals surface area contributed by atoms with Crippen LogP contribution in [0, 0.1) is 0 Å². The Hall–Kier alpha value is -2.47. The number of carbonyl (C=O) groups excluding carboxylic acids is 1. The lowest BCUT2D eigenvalue weighted by Gasteiger charge is -2.30. The number of carbonyl (C=O) groups is 1. The first kappa shape index (κ1) is 22.2. The molecule has 0 aromatic heterocycles. The SMILES string of the molecule is CCOP(=O)(C[C@@H]1[C@@H](c2ccccc2)C(C(=O)OC)=NN1c1ccccc1)OCC. The maximum atomic E-state index is 13.4. The van der Waals surface area contributed by atoms with E-state index in [1.54, 1.807) is 18.9 Å². The second-order valence-corrected chi connectivity index (χ2v) is 8.85. The van der Waals surface area contributed by atoms with Crippen molar-refractivity contribution in [1.29, 1.82) is 0 Å². The third kappa shape index (κ3) is 4.81. The molecule has 0 radical (unpaired) electrons. The van der Waals surface area contributed by atoms with E-state index < -0.39 is 25.5 Å². The number of hydrazone groups is 1. The van der Waals surface area contributed by atoms with Crippen LogP contribution in [0.4, 0.5) is 5.69 Å². The Morgan fingerprint density at radius 2 is 1.57 bits per heavy atom. The summed E-state index contributed by atoms with van der Waals surface area (Å²) in [7, 11) is -2.08. The predicted molar refractivity (Wildman–Crippen MR) is 117 cm³/mol. The van der Waals surface area contributed by atoms with Gasteiger partial charge in [-0.2, -0.15) is 5.10 Å². The lowest BCUT2D eigenvalue weighted by Crippen LogP contribution is -2.37. The minimum Gasteiger partial charge on any atom is -0.464 e. The first-order valence-electron chi connectivity index (χ1n) is 9.97. The van der Waals surface area contributed by atoms with Crippen LogP contribution in [-0.2, 0) is 23.1 Å². The van der Waals surface area contributed by atoms with E-state index in [4.69, 9.17) is 13.8 Å². The minimum atomic E-state index is -3.42. The second kappa shape index (κ2) is 10.0. The first-order chi connectivity index (χ1) is 14.5. The van der Waals surface area contributed by atoms with Crippen molar-refractivity contribution >= 4 is 25.0 Å². The normalized spacial score (nSPS) is 18.9. The van der Waals surface area contributed by atoms with Gasteiger partial charge in [-0.3, -0.25) is 9.57 Å². The number of nitrogens with zero attached hydrogens (tertiary/aromatic N) is 2. The topological polar surface area (TPSA) is 77.4 Å². The highest BCUT2D eigenvalue weighted by Gasteiger charge is 2.46. The molecule has 1 aliphatic heterocycles. The Balaban J connectivity index is 2.11. The summed E-state index contributed by atoms with van der Waals surface area (Å²) >= 11 is 0. The van der Waals surface area contributed by atoms with Gasteiger partial charge in [0.1, 0.15) is 0 Å². The fourth-order valence-corrected chi connectivity index (χ4v) is 5.56. The van der Waals surface area contributed by atoms with E-state index in [0.717, 1.165) is 11.3 Å². The molecule has 0 bridgehead atoms. The predicted octanol–water partition coefficient (Wildman–Crippen LogP) is 4.45. The highest BCUT2D eigenvalue weighted by molar-refractivity contribution is 7.53. The minimum absolute atomic E-state index is 0.0765. The number of anilines is 1.